The monoisotopic (exact) mass is 271 g/mol. The van der Waals surface area contributed by atoms with Crippen LogP contribution in [0.25, 0.3) is 0 Å². The van der Waals surface area contributed by atoms with Gasteiger partial charge in [0.05, 0.1) is 10.6 Å². The molecule has 1 aromatic rings. The Morgan fingerprint density at radius 2 is 2.06 bits per heavy atom. The number of likely N-dealkylation sites (N-methyl/N-ethyl adjacent to an activating group) is 1. The Hall–Kier alpha value is -0.930. The van der Waals surface area contributed by atoms with Crippen molar-refractivity contribution in [2.24, 2.45) is 0 Å². The summed E-state index contributed by atoms with van der Waals surface area (Å²) in [5.41, 5.74) is -0.219. The average molecular weight is 272 g/mol. The summed E-state index contributed by atoms with van der Waals surface area (Å²) in [6.07, 6.45) is 0.746. The van der Waals surface area contributed by atoms with E-state index in [9.17, 15) is 9.18 Å². The zero-order valence-corrected chi connectivity index (χ0v) is 12.0. The third-order valence-corrected chi connectivity index (χ3v) is 3.95. The van der Waals surface area contributed by atoms with Crippen LogP contribution in [0, 0.1) is 5.82 Å². The van der Waals surface area contributed by atoms with Crippen molar-refractivity contribution in [3.8, 4) is 0 Å². The third-order valence-electron chi connectivity index (χ3n) is 3.66. The summed E-state index contributed by atoms with van der Waals surface area (Å²) in [7, 11) is 3.71. The van der Waals surface area contributed by atoms with E-state index < -0.39 is 11.4 Å². The Morgan fingerprint density at radius 1 is 1.44 bits per heavy atom. The molecule has 18 heavy (non-hydrogen) atoms. The number of benzene rings is 1. The molecule has 0 aliphatic rings. The van der Waals surface area contributed by atoms with E-state index in [2.05, 4.69) is 0 Å². The number of halogens is 2. The molecule has 0 amide bonds. The van der Waals surface area contributed by atoms with Gasteiger partial charge in [-0.1, -0.05) is 30.7 Å². The molecule has 0 bridgehead atoms. The molecule has 0 heterocycles. The molecule has 1 aromatic carbocycles. The lowest BCUT2D eigenvalue weighted by molar-refractivity contribution is -0.128. The molecule has 2 nitrogen and oxygen atoms in total. The highest BCUT2D eigenvalue weighted by Crippen LogP contribution is 2.23. The Bertz CT molecular complexity index is 447. The summed E-state index contributed by atoms with van der Waals surface area (Å²) in [5, 5.41) is 0.0587. The standard InChI is InChI=1S/C14H19ClFNO/c1-5-14(2,17(3)4)12(18)9-10-7-6-8-11(15)13(10)16/h6-8H,5,9H2,1-4H3. The number of hydrogen-bond donors (Lipinski definition) is 0. The molecule has 4 heteroatoms. The van der Waals surface area contributed by atoms with Gasteiger partial charge in [-0.05, 0) is 39.1 Å². The SMILES string of the molecule is CCC(C)(C(=O)Cc1cccc(Cl)c1F)N(C)C. The van der Waals surface area contributed by atoms with E-state index in [4.69, 9.17) is 11.6 Å². The molecular weight excluding hydrogens is 253 g/mol. The lowest BCUT2D eigenvalue weighted by atomic mass is 9.88. The van der Waals surface area contributed by atoms with Crippen molar-refractivity contribution in [2.45, 2.75) is 32.2 Å². The van der Waals surface area contributed by atoms with Crippen LogP contribution >= 0.6 is 11.6 Å². The second kappa shape index (κ2) is 5.81. The van der Waals surface area contributed by atoms with Gasteiger partial charge in [-0.15, -0.1) is 0 Å². The Morgan fingerprint density at radius 3 is 2.56 bits per heavy atom. The summed E-state index contributed by atoms with van der Waals surface area (Å²) in [6.45, 7) is 3.82. The minimum Gasteiger partial charge on any atom is -0.297 e. The lowest BCUT2D eigenvalue weighted by Gasteiger charge is -2.34. The van der Waals surface area contributed by atoms with Gasteiger partial charge in [0.25, 0.3) is 0 Å². The molecule has 1 unspecified atom stereocenters. The first-order valence-electron chi connectivity index (χ1n) is 5.96. The first kappa shape index (κ1) is 15.1. The molecule has 0 fully saturated rings. The summed E-state index contributed by atoms with van der Waals surface area (Å²) < 4.78 is 13.8. The van der Waals surface area contributed by atoms with E-state index in [0.29, 0.717) is 12.0 Å². The smallest absolute Gasteiger partial charge is 0.157 e. The van der Waals surface area contributed by atoms with Crippen LogP contribution in [0.15, 0.2) is 18.2 Å². The van der Waals surface area contributed by atoms with Crippen LogP contribution in [0.4, 0.5) is 4.39 Å². The van der Waals surface area contributed by atoms with Gasteiger partial charge in [0, 0.05) is 6.42 Å². The van der Waals surface area contributed by atoms with E-state index in [-0.39, 0.29) is 17.2 Å². The Labute approximate surface area is 113 Å². The van der Waals surface area contributed by atoms with Gasteiger partial charge in [0.15, 0.2) is 5.78 Å². The highest BCUT2D eigenvalue weighted by atomic mass is 35.5. The summed E-state index contributed by atoms with van der Waals surface area (Å²) in [5.74, 6) is -0.499. The molecule has 0 saturated heterocycles. The van der Waals surface area contributed by atoms with Crippen LogP contribution in [0.2, 0.25) is 5.02 Å². The van der Waals surface area contributed by atoms with Crippen LogP contribution in [-0.4, -0.2) is 30.3 Å². The number of carbonyl (C=O) groups excluding carboxylic acids is 1. The van der Waals surface area contributed by atoms with Crippen LogP contribution in [0.5, 0.6) is 0 Å². The van der Waals surface area contributed by atoms with Crippen LogP contribution < -0.4 is 0 Å². The second-order valence-electron chi connectivity index (χ2n) is 4.83. The van der Waals surface area contributed by atoms with Gasteiger partial charge < -0.3 is 0 Å². The maximum Gasteiger partial charge on any atom is 0.157 e. The molecule has 1 atom stereocenters. The molecule has 0 aliphatic carbocycles. The molecule has 0 aromatic heterocycles. The molecule has 1 rings (SSSR count). The first-order chi connectivity index (χ1) is 8.32. The molecule has 100 valence electrons. The van der Waals surface area contributed by atoms with Crippen LogP contribution in [-0.2, 0) is 11.2 Å². The first-order valence-corrected chi connectivity index (χ1v) is 6.34. The maximum atomic E-state index is 13.8. The number of nitrogens with zero attached hydrogens (tertiary/aromatic N) is 1. The van der Waals surface area contributed by atoms with E-state index in [0.717, 1.165) is 0 Å². The van der Waals surface area contributed by atoms with Crippen molar-refractivity contribution in [3.63, 3.8) is 0 Å². The summed E-state index contributed by atoms with van der Waals surface area (Å²) in [6, 6.07) is 4.74. The number of carbonyl (C=O) groups is 1. The quantitative estimate of drug-likeness (QED) is 0.819. The number of rotatable bonds is 5. The summed E-state index contributed by atoms with van der Waals surface area (Å²) in [4.78, 5) is 14.2. The lowest BCUT2D eigenvalue weighted by Crippen LogP contribution is -2.48. The predicted octanol–water partition coefficient (Wildman–Crippen LogP) is 3.32. The number of hydrogen-bond acceptors (Lipinski definition) is 2. The molecule has 0 spiro atoms. The highest BCUT2D eigenvalue weighted by molar-refractivity contribution is 6.30. The topological polar surface area (TPSA) is 20.3 Å². The van der Waals surface area contributed by atoms with Crippen LogP contribution in [0.3, 0.4) is 0 Å². The average Bonchev–Trinajstić information content (AvgIpc) is 2.33. The second-order valence-corrected chi connectivity index (χ2v) is 5.24. The number of ketones is 1. The maximum absolute atomic E-state index is 13.8. The fraction of sp³-hybridized carbons (Fsp3) is 0.500. The molecular formula is C14H19ClFNO. The van der Waals surface area contributed by atoms with Crippen LogP contribution in [0.1, 0.15) is 25.8 Å². The summed E-state index contributed by atoms with van der Waals surface area (Å²) >= 11 is 5.71. The third kappa shape index (κ3) is 2.90. The molecule has 0 aliphatic heterocycles. The predicted molar refractivity (Wildman–Crippen MR) is 72.5 cm³/mol. The van der Waals surface area contributed by atoms with Crippen molar-refractivity contribution >= 4 is 17.4 Å². The largest absolute Gasteiger partial charge is 0.297 e. The zero-order chi connectivity index (χ0) is 13.9. The molecule has 0 N–H and O–H groups in total. The van der Waals surface area contributed by atoms with Gasteiger partial charge in [0.2, 0.25) is 0 Å². The Kier molecular flexibility index (Phi) is 4.88. The fourth-order valence-electron chi connectivity index (χ4n) is 1.81. The van der Waals surface area contributed by atoms with Crippen molar-refractivity contribution in [3.05, 3.63) is 34.6 Å². The van der Waals surface area contributed by atoms with Crippen molar-refractivity contribution in [2.75, 3.05) is 14.1 Å². The minimum atomic E-state index is -0.575. The van der Waals surface area contributed by atoms with E-state index in [1.807, 2.05) is 32.8 Å². The number of Topliss-reactive ketones (excluding diaryl/α,β-unsaturated/α-hetero) is 1. The van der Waals surface area contributed by atoms with Gasteiger partial charge in [-0.3, -0.25) is 9.69 Å². The van der Waals surface area contributed by atoms with Gasteiger partial charge >= 0.3 is 0 Å². The fourth-order valence-corrected chi connectivity index (χ4v) is 2.01. The minimum absolute atomic E-state index is 0.00355. The van der Waals surface area contributed by atoms with E-state index in [1.54, 1.807) is 12.1 Å². The van der Waals surface area contributed by atoms with Gasteiger partial charge in [0.1, 0.15) is 5.82 Å². The normalized spacial score (nSPS) is 14.6. The van der Waals surface area contributed by atoms with Gasteiger partial charge in [-0.2, -0.15) is 0 Å². The van der Waals surface area contributed by atoms with E-state index in [1.165, 1.54) is 6.07 Å². The Balaban J connectivity index is 2.97. The van der Waals surface area contributed by atoms with Crippen molar-refractivity contribution < 1.29 is 9.18 Å². The van der Waals surface area contributed by atoms with E-state index >= 15 is 0 Å². The molecule has 0 saturated carbocycles. The van der Waals surface area contributed by atoms with Crippen molar-refractivity contribution in [1.29, 1.82) is 0 Å². The highest BCUT2D eigenvalue weighted by Gasteiger charge is 2.33. The van der Waals surface area contributed by atoms with Gasteiger partial charge in [-0.25, -0.2) is 4.39 Å². The molecule has 0 radical (unpaired) electrons. The van der Waals surface area contributed by atoms with Crippen molar-refractivity contribution in [1.82, 2.24) is 4.90 Å². The zero-order valence-electron chi connectivity index (χ0n) is 11.3.